The highest BCUT2D eigenvalue weighted by Crippen LogP contribution is 2.35. The van der Waals surface area contributed by atoms with Gasteiger partial charge in [-0.05, 0) is 36.1 Å². The fourth-order valence-corrected chi connectivity index (χ4v) is 3.50. The zero-order valence-electron chi connectivity index (χ0n) is 14.4. The van der Waals surface area contributed by atoms with Gasteiger partial charge in [0, 0.05) is 10.8 Å². The molecule has 0 radical (unpaired) electrons. The molecule has 4 heteroatoms. The van der Waals surface area contributed by atoms with Crippen LogP contribution < -0.4 is 5.56 Å². The molecule has 0 aliphatic rings. The number of aromatic hydroxyl groups is 1. The summed E-state index contributed by atoms with van der Waals surface area (Å²) in [5, 5.41) is 13.4. The fraction of sp³-hybridized carbons (Fsp3) is 0.143. The van der Waals surface area contributed by atoms with Crippen molar-refractivity contribution in [1.29, 1.82) is 0 Å². The minimum atomic E-state index is -0.146. The van der Waals surface area contributed by atoms with E-state index in [0.29, 0.717) is 11.0 Å². The Balaban J connectivity index is 0.000000758. The van der Waals surface area contributed by atoms with Gasteiger partial charge in [-0.25, -0.2) is 4.98 Å². The van der Waals surface area contributed by atoms with E-state index < -0.39 is 0 Å². The first-order chi connectivity index (χ1) is 12.2. The summed E-state index contributed by atoms with van der Waals surface area (Å²) in [6.07, 6.45) is 0. The van der Waals surface area contributed by atoms with E-state index in [1.54, 1.807) is 10.5 Å². The van der Waals surface area contributed by atoms with Crippen LogP contribution >= 0.6 is 0 Å². The topological polar surface area (TPSA) is 54.6 Å². The molecule has 2 heterocycles. The van der Waals surface area contributed by atoms with Gasteiger partial charge in [0.25, 0.3) is 5.56 Å². The van der Waals surface area contributed by atoms with Crippen molar-refractivity contribution >= 4 is 38.2 Å². The SMILES string of the molecule is CC.Cc1c(O)cc2c(=O)n3c4ccccc4nc3c3cccc1c23. The zero-order chi connectivity index (χ0) is 17.7. The molecule has 1 N–H and O–H groups in total. The van der Waals surface area contributed by atoms with Gasteiger partial charge in [-0.3, -0.25) is 9.20 Å². The van der Waals surface area contributed by atoms with Gasteiger partial charge in [0.05, 0.1) is 16.4 Å². The summed E-state index contributed by atoms with van der Waals surface area (Å²) in [4.78, 5) is 17.7. The van der Waals surface area contributed by atoms with Crippen molar-refractivity contribution in [3.05, 3.63) is 64.4 Å². The Morgan fingerprint density at radius 2 is 1.68 bits per heavy atom. The van der Waals surface area contributed by atoms with E-state index in [0.717, 1.165) is 32.8 Å². The lowest BCUT2D eigenvalue weighted by molar-refractivity contribution is 0.473. The van der Waals surface area contributed by atoms with E-state index in [4.69, 9.17) is 0 Å². The number of fused-ring (bicyclic) bond motifs is 4. The standard InChI is InChI=1S/C19H12N2O2.C2H6/c1-10-11-5-4-6-12-17(11)13(9-16(10)22)19(23)21-15-8-3-2-7-14(15)20-18(12)21;1-2/h2-9,22H,1H3;1-2H3. The van der Waals surface area contributed by atoms with Crippen molar-refractivity contribution in [3.63, 3.8) is 0 Å². The quantitative estimate of drug-likeness (QED) is 0.450. The molecule has 0 saturated carbocycles. The summed E-state index contributed by atoms with van der Waals surface area (Å²) in [5.41, 5.74) is 2.88. The van der Waals surface area contributed by atoms with Crippen LogP contribution in [0.1, 0.15) is 19.4 Å². The molecule has 0 amide bonds. The number of phenols is 1. The maximum absolute atomic E-state index is 13.0. The number of nitrogens with zero attached hydrogens (tertiary/aromatic N) is 2. The van der Waals surface area contributed by atoms with Crippen LogP contribution in [0.5, 0.6) is 5.75 Å². The van der Waals surface area contributed by atoms with Gasteiger partial charge in [0.15, 0.2) is 0 Å². The number of hydrogen-bond donors (Lipinski definition) is 1. The van der Waals surface area contributed by atoms with Crippen LogP contribution in [0, 0.1) is 6.92 Å². The van der Waals surface area contributed by atoms with Crippen LogP contribution in [-0.2, 0) is 0 Å². The maximum atomic E-state index is 13.0. The number of phenolic OH excluding ortho intramolecular Hbond substituents is 1. The van der Waals surface area contributed by atoms with Crippen LogP contribution in [0.2, 0.25) is 0 Å². The van der Waals surface area contributed by atoms with Crippen LogP contribution in [0.3, 0.4) is 0 Å². The monoisotopic (exact) mass is 330 g/mol. The molecule has 4 nitrogen and oxygen atoms in total. The molecule has 0 aliphatic heterocycles. The molecule has 0 atom stereocenters. The van der Waals surface area contributed by atoms with Gasteiger partial charge in [0.2, 0.25) is 0 Å². The fourth-order valence-electron chi connectivity index (χ4n) is 3.50. The van der Waals surface area contributed by atoms with Crippen LogP contribution in [0.25, 0.3) is 38.2 Å². The Morgan fingerprint density at radius 3 is 2.48 bits per heavy atom. The molecule has 2 aromatic heterocycles. The van der Waals surface area contributed by atoms with Crippen LogP contribution in [0.4, 0.5) is 0 Å². The normalized spacial score (nSPS) is 11.3. The highest BCUT2D eigenvalue weighted by Gasteiger charge is 2.17. The smallest absolute Gasteiger partial charge is 0.264 e. The summed E-state index contributed by atoms with van der Waals surface area (Å²) in [6.45, 7) is 5.86. The number of aromatic nitrogens is 2. The Kier molecular flexibility index (Phi) is 3.35. The summed E-state index contributed by atoms with van der Waals surface area (Å²) in [7, 11) is 0. The van der Waals surface area contributed by atoms with Crippen molar-refractivity contribution in [2.45, 2.75) is 20.8 Å². The van der Waals surface area contributed by atoms with E-state index in [-0.39, 0.29) is 11.3 Å². The Morgan fingerprint density at radius 1 is 0.960 bits per heavy atom. The lowest BCUT2D eigenvalue weighted by Crippen LogP contribution is -2.13. The third-order valence-electron chi connectivity index (χ3n) is 4.64. The van der Waals surface area contributed by atoms with Gasteiger partial charge >= 0.3 is 0 Å². The van der Waals surface area contributed by atoms with Gasteiger partial charge in [-0.15, -0.1) is 0 Å². The molecule has 0 aliphatic carbocycles. The van der Waals surface area contributed by atoms with Crippen LogP contribution in [0.15, 0.2) is 53.3 Å². The predicted octanol–water partition coefficient (Wildman–Crippen LogP) is 4.63. The third-order valence-corrected chi connectivity index (χ3v) is 4.64. The van der Waals surface area contributed by atoms with E-state index in [1.807, 2.05) is 63.2 Å². The van der Waals surface area contributed by atoms with E-state index in [1.165, 1.54) is 0 Å². The molecule has 124 valence electrons. The molecule has 0 saturated heterocycles. The number of imidazole rings is 1. The van der Waals surface area contributed by atoms with Gasteiger partial charge in [-0.2, -0.15) is 0 Å². The third kappa shape index (κ3) is 1.94. The lowest BCUT2D eigenvalue weighted by Gasteiger charge is -2.10. The minimum absolute atomic E-state index is 0.144. The predicted molar refractivity (Wildman–Crippen MR) is 103 cm³/mol. The number of benzene rings is 3. The highest BCUT2D eigenvalue weighted by molar-refractivity contribution is 6.16. The second-order valence-corrected chi connectivity index (χ2v) is 5.86. The number of hydrogen-bond acceptors (Lipinski definition) is 3. The minimum Gasteiger partial charge on any atom is -0.508 e. The van der Waals surface area contributed by atoms with Crippen LogP contribution in [-0.4, -0.2) is 14.5 Å². The maximum Gasteiger partial charge on any atom is 0.264 e. The molecule has 0 fully saturated rings. The summed E-state index contributed by atoms with van der Waals surface area (Å²) < 4.78 is 1.64. The largest absolute Gasteiger partial charge is 0.508 e. The summed E-state index contributed by atoms with van der Waals surface area (Å²) in [6, 6.07) is 15.0. The van der Waals surface area contributed by atoms with Gasteiger partial charge in [-0.1, -0.05) is 44.2 Å². The van der Waals surface area contributed by atoms with Crippen molar-refractivity contribution in [1.82, 2.24) is 9.38 Å². The average Bonchev–Trinajstić information content (AvgIpc) is 3.04. The molecular weight excluding hydrogens is 312 g/mol. The van der Waals surface area contributed by atoms with E-state index >= 15 is 0 Å². The number of pyridine rings is 1. The first-order valence-electron chi connectivity index (χ1n) is 8.44. The molecular formula is C21H18N2O2. The zero-order valence-corrected chi connectivity index (χ0v) is 14.4. The number of para-hydroxylation sites is 2. The number of rotatable bonds is 0. The lowest BCUT2D eigenvalue weighted by atomic mass is 9.98. The van der Waals surface area contributed by atoms with Crippen molar-refractivity contribution in [2.24, 2.45) is 0 Å². The Hall–Kier alpha value is -3.14. The van der Waals surface area contributed by atoms with Crippen molar-refractivity contribution in [3.8, 4) is 5.75 Å². The molecule has 0 unspecified atom stereocenters. The molecule has 25 heavy (non-hydrogen) atoms. The molecule has 5 aromatic rings. The average molecular weight is 330 g/mol. The van der Waals surface area contributed by atoms with Gasteiger partial charge < -0.3 is 5.11 Å². The highest BCUT2D eigenvalue weighted by atomic mass is 16.3. The van der Waals surface area contributed by atoms with Crippen molar-refractivity contribution < 1.29 is 5.11 Å². The Labute approximate surface area is 144 Å². The van der Waals surface area contributed by atoms with Crippen molar-refractivity contribution in [2.75, 3.05) is 0 Å². The second-order valence-electron chi connectivity index (χ2n) is 5.86. The molecule has 0 bridgehead atoms. The van der Waals surface area contributed by atoms with E-state index in [2.05, 4.69) is 4.98 Å². The van der Waals surface area contributed by atoms with Gasteiger partial charge in [0.1, 0.15) is 11.4 Å². The molecule has 0 spiro atoms. The first kappa shape index (κ1) is 15.4. The first-order valence-corrected chi connectivity index (χ1v) is 8.44. The summed E-state index contributed by atoms with van der Waals surface area (Å²) in [5.74, 6) is 0.144. The Bertz CT molecular complexity index is 1300. The number of aryl methyl sites for hydroxylation is 1. The second kappa shape index (κ2) is 5.45. The summed E-state index contributed by atoms with van der Waals surface area (Å²) >= 11 is 0. The molecule has 3 aromatic carbocycles. The molecule has 5 rings (SSSR count). The van der Waals surface area contributed by atoms with E-state index in [9.17, 15) is 9.90 Å².